The number of esters is 1. The lowest BCUT2D eigenvalue weighted by Crippen LogP contribution is -2.29. The van der Waals surface area contributed by atoms with Crippen LogP contribution in [0, 0.1) is 0 Å². The number of hydrogen-bond donors (Lipinski definition) is 1. The van der Waals surface area contributed by atoms with Gasteiger partial charge in [0.2, 0.25) is 15.2 Å². The number of carbonyl (C=O) groups is 2. The first kappa shape index (κ1) is 21.9. The molecule has 2 aromatic rings. The maximum atomic E-state index is 12.3. The third kappa shape index (κ3) is 6.04. The molecule has 1 amide bonds. The molecule has 150 valence electrons. The van der Waals surface area contributed by atoms with Gasteiger partial charge in [-0.25, -0.2) is 8.42 Å². The van der Waals surface area contributed by atoms with E-state index in [0.29, 0.717) is 15.6 Å². The average Bonchev–Trinajstić information content (AvgIpc) is 3.10. The molecule has 0 aliphatic rings. The molecule has 0 spiro atoms. The Balaban J connectivity index is 2.04. The highest BCUT2D eigenvalue weighted by Crippen LogP contribution is 2.26. The molecule has 0 aliphatic heterocycles. The number of ether oxygens (including phenoxy) is 1. The van der Waals surface area contributed by atoms with Crippen LogP contribution in [0.15, 0.2) is 41.3 Å². The van der Waals surface area contributed by atoms with Crippen molar-refractivity contribution in [1.82, 2.24) is 10.2 Å². The Morgan fingerprint density at radius 1 is 1.32 bits per heavy atom. The van der Waals surface area contributed by atoms with Gasteiger partial charge in [0.25, 0.3) is 5.91 Å². The summed E-state index contributed by atoms with van der Waals surface area (Å²) in [5.41, 5.74) is 0.756. The molecule has 0 bridgehead atoms. The van der Waals surface area contributed by atoms with E-state index < -0.39 is 15.9 Å². The number of anilines is 2. The van der Waals surface area contributed by atoms with Gasteiger partial charge >= 0.3 is 5.97 Å². The fraction of sp³-hybridized carbons (Fsp3) is 0.250. The number of aromatic nitrogens is 2. The molecule has 2 rings (SSSR count). The van der Waals surface area contributed by atoms with Crippen LogP contribution in [-0.4, -0.2) is 56.2 Å². The van der Waals surface area contributed by atoms with E-state index in [1.807, 2.05) is 0 Å². The van der Waals surface area contributed by atoms with Crippen molar-refractivity contribution in [3.63, 3.8) is 0 Å². The number of nitrogens with one attached hydrogen (secondary N) is 1. The summed E-state index contributed by atoms with van der Waals surface area (Å²) in [6, 6.07) is 6.11. The van der Waals surface area contributed by atoms with Gasteiger partial charge in [0.15, 0.2) is 4.34 Å². The highest BCUT2D eigenvalue weighted by Gasteiger charge is 2.17. The minimum absolute atomic E-state index is 0.0993. The first-order valence-corrected chi connectivity index (χ1v) is 11.4. The Bertz CT molecular complexity index is 957. The zero-order chi connectivity index (χ0) is 20.7. The average molecular weight is 443 g/mol. The van der Waals surface area contributed by atoms with Crippen LogP contribution >= 0.6 is 23.1 Å². The van der Waals surface area contributed by atoms with Crippen molar-refractivity contribution in [1.29, 1.82) is 0 Å². The van der Waals surface area contributed by atoms with E-state index in [-0.39, 0.29) is 23.4 Å². The number of carbonyl (C=O) groups excluding carboxylic acids is 2. The summed E-state index contributed by atoms with van der Waals surface area (Å²) in [6.45, 7) is 3.68. The molecule has 0 unspecified atom stereocenters. The molecular formula is C16H18N4O5S3. The lowest BCUT2D eigenvalue weighted by Gasteiger charge is -2.20. The minimum atomic E-state index is -3.46. The third-order valence-electron chi connectivity index (χ3n) is 3.28. The number of amides is 1. The Morgan fingerprint density at radius 3 is 2.57 bits per heavy atom. The largest absolute Gasteiger partial charge is 0.468 e. The van der Waals surface area contributed by atoms with Crippen molar-refractivity contribution in [3.8, 4) is 0 Å². The Labute approximate surface area is 170 Å². The number of hydrogen-bond acceptors (Lipinski definition) is 9. The standard InChI is InChI=1S/C16H18N4O5S3/c1-4-9-20(28(3,23)24)12-7-5-11(6-8-12)14(22)17-15-18-19-16(27-15)26-10-13(21)25-2/h4-8H,1,9-10H2,2-3H3,(H,17,18,22). The van der Waals surface area contributed by atoms with Crippen LogP contribution in [0.3, 0.4) is 0 Å². The van der Waals surface area contributed by atoms with Gasteiger partial charge in [0.05, 0.1) is 31.4 Å². The van der Waals surface area contributed by atoms with Crippen LogP contribution in [0.5, 0.6) is 0 Å². The monoisotopic (exact) mass is 442 g/mol. The van der Waals surface area contributed by atoms with E-state index >= 15 is 0 Å². The third-order valence-corrected chi connectivity index (χ3v) is 6.39. The second-order valence-electron chi connectivity index (χ2n) is 5.32. The number of sulfonamides is 1. The maximum absolute atomic E-state index is 12.3. The van der Waals surface area contributed by atoms with Gasteiger partial charge in [-0.2, -0.15) is 0 Å². The van der Waals surface area contributed by atoms with Crippen LogP contribution in [0.2, 0.25) is 0 Å². The van der Waals surface area contributed by atoms with Crippen LogP contribution < -0.4 is 9.62 Å². The second-order valence-corrected chi connectivity index (χ2v) is 9.43. The SMILES string of the molecule is C=CCN(c1ccc(C(=O)Nc2nnc(SCC(=O)OC)s2)cc1)S(C)(=O)=O. The fourth-order valence-corrected chi connectivity index (χ4v) is 4.46. The van der Waals surface area contributed by atoms with E-state index in [2.05, 4.69) is 26.8 Å². The molecule has 0 saturated heterocycles. The first-order valence-electron chi connectivity index (χ1n) is 7.77. The molecule has 12 heteroatoms. The molecule has 0 atom stereocenters. The van der Waals surface area contributed by atoms with Crippen molar-refractivity contribution >= 4 is 55.8 Å². The van der Waals surface area contributed by atoms with E-state index in [0.717, 1.165) is 29.4 Å². The van der Waals surface area contributed by atoms with Gasteiger partial charge in [-0.3, -0.25) is 19.2 Å². The van der Waals surface area contributed by atoms with Crippen molar-refractivity contribution in [2.75, 3.05) is 35.3 Å². The molecule has 9 nitrogen and oxygen atoms in total. The number of thioether (sulfide) groups is 1. The molecule has 1 aromatic carbocycles. The number of methoxy groups -OCH3 is 1. The molecule has 0 fully saturated rings. The molecular weight excluding hydrogens is 424 g/mol. The summed E-state index contributed by atoms with van der Waals surface area (Å²) < 4.78 is 29.9. The van der Waals surface area contributed by atoms with Crippen LogP contribution in [0.4, 0.5) is 10.8 Å². The fourth-order valence-electron chi connectivity index (χ4n) is 2.00. The van der Waals surface area contributed by atoms with Crippen LogP contribution in [-0.2, 0) is 19.6 Å². The zero-order valence-corrected chi connectivity index (χ0v) is 17.6. The van der Waals surface area contributed by atoms with Crippen molar-refractivity contribution < 1.29 is 22.7 Å². The van der Waals surface area contributed by atoms with E-state index in [1.165, 1.54) is 41.8 Å². The van der Waals surface area contributed by atoms with Gasteiger partial charge in [0, 0.05) is 5.56 Å². The normalized spacial score (nSPS) is 10.9. The summed E-state index contributed by atoms with van der Waals surface area (Å²) in [5, 5.41) is 10.6. The highest BCUT2D eigenvalue weighted by molar-refractivity contribution is 8.01. The summed E-state index contributed by atoms with van der Waals surface area (Å²) >= 11 is 2.29. The molecule has 1 aromatic heterocycles. The topological polar surface area (TPSA) is 119 Å². The summed E-state index contributed by atoms with van der Waals surface area (Å²) in [6.07, 6.45) is 2.58. The van der Waals surface area contributed by atoms with Crippen molar-refractivity contribution in [2.45, 2.75) is 4.34 Å². The maximum Gasteiger partial charge on any atom is 0.316 e. The Hall–Kier alpha value is -2.44. The summed E-state index contributed by atoms with van der Waals surface area (Å²) in [7, 11) is -2.16. The molecule has 28 heavy (non-hydrogen) atoms. The summed E-state index contributed by atoms with van der Waals surface area (Å²) in [5.74, 6) is -0.699. The van der Waals surface area contributed by atoms with Gasteiger partial charge < -0.3 is 4.74 Å². The first-order chi connectivity index (χ1) is 13.2. The van der Waals surface area contributed by atoms with Gasteiger partial charge in [-0.05, 0) is 24.3 Å². The van der Waals surface area contributed by atoms with E-state index in [1.54, 1.807) is 0 Å². The quantitative estimate of drug-likeness (QED) is 0.271. The Morgan fingerprint density at radius 2 is 2.00 bits per heavy atom. The number of nitrogens with zero attached hydrogens (tertiary/aromatic N) is 3. The molecule has 1 N–H and O–H groups in total. The van der Waals surface area contributed by atoms with Gasteiger partial charge in [-0.15, -0.1) is 16.8 Å². The molecule has 1 heterocycles. The van der Waals surface area contributed by atoms with Crippen molar-refractivity contribution in [3.05, 3.63) is 42.5 Å². The summed E-state index contributed by atoms with van der Waals surface area (Å²) in [4.78, 5) is 23.5. The van der Waals surface area contributed by atoms with Crippen LogP contribution in [0.25, 0.3) is 0 Å². The number of rotatable bonds is 9. The molecule has 0 aliphatic carbocycles. The lowest BCUT2D eigenvalue weighted by atomic mass is 10.2. The van der Waals surface area contributed by atoms with Crippen molar-refractivity contribution in [2.24, 2.45) is 0 Å². The predicted octanol–water partition coefficient (Wildman–Crippen LogP) is 2.01. The zero-order valence-electron chi connectivity index (χ0n) is 15.1. The number of benzene rings is 1. The highest BCUT2D eigenvalue weighted by atomic mass is 32.2. The van der Waals surface area contributed by atoms with Gasteiger partial charge in [-0.1, -0.05) is 29.2 Å². The predicted molar refractivity (Wildman–Crippen MR) is 109 cm³/mol. The molecule has 0 radical (unpaired) electrons. The van der Waals surface area contributed by atoms with E-state index in [4.69, 9.17) is 0 Å². The second kappa shape index (κ2) is 9.66. The van der Waals surface area contributed by atoms with Gasteiger partial charge in [0.1, 0.15) is 0 Å². The van der Waals surface area contributed by atoms with Crippen LogP contribution in [0.1, 0.15) is 10.4 Å². The molecule has 0 saturated carbocycles. The smallest absolute Gasteiger partial charge is 0.316 e. The lowest BCUT2D eigenvalue weighted by molar-refractivity contribution is -0.137. The van der Waals surface area contributed by atoms with E-state index in [9.17, 15) is 18.0 Å². The minimum Gasteiger partial charge on any atom is -0.468 e. The Kier molecular flexibility index (Phi) is 7.54.